The van der Waals surface area contributed by atoms with Gasteiger partial charge in [-0.1, -0.05) is 43.0 Å². The normalized spacial score (nSPS) is 24.1. The Balaban J connectivity index is 1.61. The number of hydrogen-bond donors (Lipinski definition) is 0. The van der Waals surface area contributed by atoms with Crippen molar-refractivity contribution in [2.75, 3.05) is 13.1 Å². The minimum atomic E-state index is 0.299. The van der Waals surface area contributed by atoms with Crippen LogP contribution in [0.4, 0.5) is 0 Å². The van der Waals surface area contributed by atoms with Crippen LogP contribution >= 0.6 is 11.6 Å². The molecule has 2 aliphatic rings. The van der Waals surface area contributed by atoms with Crippen molar-refractivity contribution in [2.24, 2.45) is 5.92 Å². The lowest BCUT2D eigenvalue weighted by Gasteiger charge is -2.26. The summed E-state index contributed by atoms with van der Waals surface area (Å²) in [6.45, 7) is 1.81. The summed E-state index contributed by atoms with van der Waals surface area (Å²) in [5, 5.41) is 0.780. The van der Waals surface area contributed by atoms with Gasteiger partial charge in [0.05, 0.1) is 0 Å². The summed E-state index contributed by atoms with van der Waals surface area (Å²) in [7, 11) is 0. The van der Waals surface area contributed by atoms with Crippen molar-refractivity contribution >= 4 is 17.5 Å². The summed E-state index contributed by atoms with van der Waals surface area (Å²) in [4.78, 5) is 14.6. The van der Waals surface area contributed by atoms with Gasteiger partial charge in [0, 0.05) is 29.9 Å². The molecule has 0 radical (unpaired) electrons. The lowest BCUT2D eigenvalue weighted by molar-refractivity contribution is -0.135. The third-order valence-electron chi connectivity index (χ3n) is 4.80. The van der Waals surface area contributed by atoms with Gasteiger partial charge in [-0.3, -0.25) is 4.79 Å². The Kier molecular flexibility index (Phi) is 4.30. The van der Waals surface area contributed by atoms with Crippen molar-refractivity contribution in [3.05, 3.63) is 34.9 Å². The zero-order chi connectivity index (χ0) is 13.9. The first kappa shape index (κ1) is 13.9. The molecule has 1 amide bonds. The van der Waals surface area contributed by atoms with E-state index >= 15 is 0 Å². The molecule has 1 saturated heterocycles. The molecular weight excluding hydrogens is 270 g/mol. The monoisotopic (exact) mass is 291 g/mol. The molecular formula is C17H22ClNO. The molecule has 1 atom stereocenters. The molecule has 108 valence electrons. The fourth-order valence-corrected chi connectivity index (χ4v) is 3.70. The maximum Gasteiger partial charge on any atom is 0.225 e. The molecule has 2 fully saturated rings. The van der Waals surface area contributed by atoms with Gasteiger partial charge >= 0.3 is 0 Å². The highest BCUT2D eigenvalue weighted by molar-refractivity contribution is 6.30. The van der Waals surface area contributed by atoms with Crippen molar-refractivity contribution in [1.82, 2.24) is 4.90 Å². The molecule has 1 aromatic rings. The Morgan fingerprint density at radius 1 is 1.05 bits per heavy atom. The summed E-state index contributed by atoms with van der Waals surface area (Å²) in [5.41, 5.74) is 1.31. The van der Waals surface area contributed by atoms with Crippen molar-refractivity contribution < 1.29 is 4.79 Å². The van der Waals surface area contributed by atoms with Crippen LogP contribution in [0.5, 0.6) is 0 Å². The van der Waals surface area contributed by atoms with Gasteiger partial charge in [-0.25, -0.2) is 0 Å². The minimum Gasteiger partial charge on any atom is -0.342 e. The smallest absolute Gasteiger partial charge is 0.225 e. The molecule has 20 heavy (non-hydrogen) atoms. The van der Waals surface area contributed by atoms with E-state index in [-0.39, 0.29) is 0 Å². The fraction of sp³-hybridized carbons (Fsp3) is 0.588. The third-order valence-corrected chi connectivity index (χ3v) is 5.05. The number of likely N-dealkylation sites (tertiary alicyclic amines) is 1. The van der Waals surface area contributed by atoms with Crippen LogP contribution in [0.3, 0.4) is 0 Å². The summed E-state index contributed by atoms with van der Waals surface area (Å²) >= 11 is 5.93. The van der Waals surface area contributed by atoms with Crippen LogP contribution in [-0.2, 0) is 4.79 Å². The number of amides is 1. The van der Waals surface area contributed by atoms with Gasteiger partial charge in [-0.15, -0.1) is 0 Å². The van der Waals surface area contributed by atoms with E-state index in [0.29, 0.717) is 17.7 Å². The van der Waals surface area contributed by atoms with E-state index in [4.69, 9.17) is 11.6 Å². The zero-order valence-corrected chi connectivity index (χ0v) is 12.6. The average Bonchev–Trinajstić information content (AvgIpc) is 2.98. The average molecular weight is 292 g/mol. The molecule has 0 bridgehead atoms. The zero-order valence-electron chi connectivity index (χ0n) is 11.9. The Morgan fingerprint density at radius 2 is 1.75 bits per heavy atom. The predicted molar refractivity (Wildman–Crippen MR) is 82.0 cm³/mol. The van der Waals surface area contributed by atoms with E-state index in [2.05, 4.69) is 17.0 Å². The SMILES string of the molecule is O=C(C1CCCCC1)N1CCC(c2ccc(Cl)cc2)C1. The largest absolute Gasteiger partial charge is 0.342 e. The number of rotatable bonds is 2. The van der Waals surface area contributed by atoms with Crippen LogP contribution in [0, 0.1) is 5.92 Å². The Labute approximate surface area is 126 Å². The van der Waals surface area contributed by atoms with Gasteiger partial charge < -0.3 is 4.90 Å². The van der Waals surface area contributed by atoms with E-state index in [0.717, 1.165) is 37.4 Å². The first-order valence-electron chi connectivity index (χ1n) is 7.78. The van der Waals surface area contributed by atoms with Gasteiger partial charge in [0.2, 0.25) is 5.91 Å². The van der Waals surface area contributed by atoms with E-state index in [1.165, 1.54) is 24.8 Å². The van der Waals surface area contributed by atoms with E-state index in [9.17, 15) is 4.79 Å². The molecule has 0 N–H and O–H groups in total. The maximum atomic E-state index is 12.5. The predicted octanol–water partition coefficient (Wildman–Crippen LogP) is 4.24. The summed E-state index contributed by atoms with van der Waals surface area (Å²) in [6.07, 6.45) is 7.04. The topological polar surface area (TPSA) is 20.3 Å². The highest BCUT2D eigenvalue weighted by Gasteiger charge is 2.31. The van der Waals surface area contributed by atoms with Crippen molar-refractivity contribution in [3.8, 4) is 0 Å². The minimum absolute atomic E-state index is 0.299. The van der Waals surface area contributed by atoms with Crippen LogP contribution in [-0.4, -0.2) is 23.9 Å². The second-order valence-electron chi connectivity index (χ2n) is 6.16. The van der Waals surface area contributed by atoms with Gasteiger partial charge in [0.25, 0.3) is 0 Å². The molecule has 0 spiro atoms. The van der Waals surface area contributed by atoms with Crippen LogP contribution in [0.2, 0.25) is 5.02 Å². The Morgan fingerprint density at radius 3 is 2.45 bits per heavy atom. The molecule has 3 heteroatoms. The lowest BCUT2D eigenvalue weighted by atomic mass is 9.88. The quantitative estimate of drug-likeness (QED) is 0.798. The molecule has 1 aliphatic heterocycles. The van der Waals surface area contributed by atoms with Crippen molar-refractivity contribution in [1.29, 1.82) is 0 Å². The second-order valence-corrected chi connectivity index (χ2v) is 6.59. The van der Waals surface area contributed by atoms with Gasteiger partial charge in [0.1, 0.15) is 0 Å². The summed E-state index contributed by atoms with van der Waals surface area (Å²) in [6, 6.07) is 8.09. The molecule has 1 aliphatic carbocycles. The summed E-state index contributed by atoms with van der Waals surface area (Å²) < 4.78 is 0. The number of hydrogen-bond acceptors (Lipinski definition) is 1. The van der Waals surface area contributed by atoms with Crippen LogP contribution in [0.25, 0.3) is 0 Å². The molecule has 3 rings (SSSR count). The van der Waals surface area contributed by atoms with Gasteiger partial charge in [-0.05, 0) is 37.0 Å². The van der Waals surface area contributed by atoms with Crippen LogP contribution in [0.1, 0.15) is 50.0 Å². The standard InChI is InChI=1S/C17H22ClNO/c18-16-8-6-13(7-9-16)15-10-11-19(12-15)17(20)14-4-2-1-3-5-14/h6-9,14-15H,1-5,10-12H2. The first-order valence-corrected chi connectivity index (χ1v) is 8.16. The highest BCUT2D eigenvalue weighted by Crippen LogP contribution is 2.31. The van der Waals surface area contributed by atoms with Gasteiger partial charge in [-0.2, -0.15) is 0 Å². The van der Waals surface area contributed by atoms with E-state index < -0.39 is 0 Å². The lowest BCUT2D eigenvalue weighted by Crippen LogP contribution is -2.35. The number of carbonyl (C=O) groups is 1. The number of benzene rings is 1. The third kappa shape index (κ3) is 3.01. The molecule has 1 aromatic carbocycles. The summed E-state index contributed by atoms with van der Waals surface area (Å²) in [5.74, 6) is 1.19. The Hall–Kier alpha value is -1.02. The number of nitrogens with zero attached hydrogens (tertiary/aromatic N) is 1. The number of carbonyl (C=O) groups excluding carboxylic acids is 1. The second kappa shape index (κ2) is 6.17. The van der Waals surface area contributed by atoms with Gasteiger partial charge in [0.15, 0.2) is 0 Å². The molecule has 1 heterocycles. The van der Waals surface area contributed by atoms with Crippen LogP contribution < -0.4 is 0 Å². The molecule has 1 unspecified atom stereocenters. The number of halogens is 1. The fourth-order valence-electron chi connectivity index (χ4n) is 3.58. The maximum absolute atomic E-state index is 12.5. The Bertz CT molecular complexity index is 464. The molecule has 1 saturated carbocycles. The molecule has 2 nitrogen and oxygen atoms in total. The van der Waals surface area contributed by atoms with Crippen molar-refractivity contribution in [2.45, 2.75) is 44.4 Å². The van der Waals surface area contributed by atoms with E-state index in [1.807, 2.05) is 12.1 Å². The van der Waals surface area contributed by atoms with Crippen LogP contribution in [0.15, 0.2) is 24.3 Å². The molecule has 0 aromatic heterocycles. The van der Waals surface area contributed by atoms with E-state index in [1.54, 1.807) is 0 Å². The highest BCUT2D eigenvalue weighted by atomic mass is 35.5. The van der Waals surface area contributed by atoms with Crippen molar-refractivity contribution in [3.63, 3.8) is 0 Å². The first-order chi connectivity index (χ1) is 9.74.